The summed E-state index contributed by atoms with van der Waals surface area (Å²) in [5.41, 5.74) is 2.42. The molecule has 0 saturated heterocycles. The SMILES string of the molecule is CCc1ccc(OCC(=O)Nc2cc(Cl)ccc2-n2cncn2)cc1. The van der Waals surface area contributed by atoms with Crippen LogP contribution in [-0.4, -0.2) is 27.3 Å². The molecule has 25 heavy (non-hydrogen) atoms. The number of carbonyl (C=O) groups is 1. The van der Waals surface area contributed by atoms with Crippen LogP contribution >= 0.6 is 11.6 Å². The molecule has 0 aliphatic carbocycles. The summed E-state index contributed by atoms with van der Waals surface area (Å²) in [4.78, 5) is 16.1. The number of aryl methyl sites for hydroxylation is 1. The van der Waals surface area contributed by atoms with Crippen molar-refractivity contribution in [2.45, 2.75) is 13.3 Å². The fourth-order valence-corrected chi connectivity index (χ4v) is 2.47. The second kappa shape index (κ2) is 7.81. The summed E-state index contributed by atoms with van der Waals surface area (Å²) in [6.45, 7) is 1.98. The van der Waals surface area contributed by atoms with E-state index in [9.17, 15) is 4.79 Å². The van der Waals surface area contributed by atoms with E-state index in [2.05, 4.69) is 22.3 Å². The number of anilines is 1. The first kappa shape index (κ1) is 17.0. The van der Waals surface area contributed by atoms with Crippen LogP contribution in [0.15, 0.2) is 55.1 Å². The molecule has 1 heterocycles. The molecule has 6 nitrogen and oxygen atoms in total. The van der Waals surface area contributed by atoms with Gasteiger partial charge in [0.1, 0.15) is 18.4 Å². The number of hydrogen-bond acceptors (Lipinski definition) is 4. The molecule has 0 fully saturated rings. The van der Waals surface area contributed by atoms with Crippen molar-refractivity contribution in [3.05, 3.63) is 65.7 Å². The van der Waals surface area contributed by atoms with Crippen molar-refractivity contribution in [1.82, 2.24) is 14.8 Å². The van der Waals surface area contributed by atoms with Crippen molar-refractivity contribution in [3.63, 3.8) is 0 Å². The number of nitrogens with zero attached hydrogens (tertiary/aromatic N) is 3. The third kappa shape index (κ3) is 4.36. The minimum absolute atomic E-state index is 0.102. The Labute approximate surface area is 150 Å². The lowest BCUT2D eigenvalue weighted by Crippen LogP contribution is -2.21. The molecule has 3 aromatic rings. The van der Waals surface area contributed by atoms with E-state index < -0.39 is 0 Å². The van der Waals surface area contributed by atoms with Gasteiger partial charge in [0.25, 0.3) is 5.91 Å². The summed E-state index contributed by atoms with van der Waals surface area (Å²) in [6, 6.07) is 12.8. The molecule has 128 valence electrons. The molecule has 2 aromatic carbocycles. The van der Waals surface area contributed by atoms with Crippen LogP contribution in [0, 0.1) is 0 Å². The van der Waals surface area contributed by atoms with Crippen molar-refractivity contribution in [1.29, 1.82) is 0 Å². The third-order valence-electron chi connectivity index (χ3n) is 3.60. The predicted molar refractivity (Wildman–Crippen MR) is 96.3 cm³/mol. The highest BCUT2D eigenvalue weighted by Gasteiger charge is 2.11. The van der Waals surface area contributed by atoms with Crippen LogP contribution in [0.25, 0.3) is 5.69 Å². The Morgan fingerprint density at radius 2 is 2.04 bits per heavy atom. The smallest absolute Gasteiger partial charge is 0.262 e. The summed E-state index contributed by atoms with van der Waals surface area (Å²) in [5, 5.41) is 7.38. The van der Waals surface area contributed by atoms with Gasteiger partial charge in [0.05, 0.1) is 11.4 Å². The van der Waals surface area contributed by atoms with Gasteiger partial charge >= 0.3 is 0 Å². The van der Waals surface area contributed by atoms with Gasteiger partial charge in [0, 0.05) is 5.02 Å². The van der Waals surface area contributed by atoms with E-state index in [1.807, 2.05) is 24.3 Å². The topological polar surface area (TPSA) is 69.0 Å². The average Bonchev–Trinajstić information content (AvgIpc) is 3.15. The number of amides is 1. The normalized spacial score (nSPS) is 10.5. The van der Waals surface area contributed by atoms with Crippen molar-refractivity contribution < 1.29 is 9.53 Å². The quantitative estimate of drug-likeness (QED) is 0.734. The van der Waals surface area contributed by atoms with Crippen LogP contribution in [0.4, 0.5) is 5.69 Å². The molecule has 3 rings (SSSR count). The zero-order valence-corrected chi connectivity index (χ0v) is 14.4. The Balaban J connectivity index is 1.67. The highest BCUT2D eigenvalue weighted by molar-refractivity contribution is 6.31. The van der Waals surface area contributed by atoms with Gasteiger partial charge in [-0.25, -0.2) is 9.67 Å². The first-order valence-electron chi connectivity index (χ1n) is 7.82. The maximum Gasteiger partial charge on any atom is 0.262 e. The molecule has 0 aliphatic heterocycles. The van der Waals surface area contributed by atoms with Gasteiger partial charge in [-0.2, -0.15) is 5.10 Å². The first-order chi connectivity index (χ1) is 12.2. The van der Waals surface area contributed by atoms with Crippen LogP contribution < -0.4 is 10.1 Å². The molecule has 0 bridgehead atoms. The molecule has 0 spiro atoms. The lowest BCUT2D eigenvalue weighted by atomic mass is 10.2. The third-order valence-corrected chi connectivity index (χ3v) is 3.83. The number of aromatic nitrogens is 3. The van der Waals surface area contributed by atoms with Crippen molar-refractivity contribution in [2.75, 3.05) is 11.9 Å². The van der Waals surface area contributed by atoms with Crippen molar-refractivity contribution >= 4 is 23.2 Å². The summed E-state index contributed by atoms with van der Waals surface area (Å²) < 4.78 is 7.07. The molecule has 0 saturated carbocycles. The summed E-state index contributed by atoms with van der Waals surface area (Å²) in [7, 11) is 0. The molecule has 1 aromatic heterocycles. The predicted octanol–water partition coefficient (Wildman–Crippen LogP) is 3.50. The lowest BCUT2D eigenvalue weighted by Gasteiger charge is -2.12. The van der Waals surface area contributed by atoms with E-state index in [1.165, 1.54) is 11.9 Å². The van der Waals surface area contributed by atoms with E-state index in [0.29, 0.717) is 22.1 Å². The zero-order valence-electron chi connectivity index (χ0n) is 13.6. The Hall–Kier alpha value is -2.86. The van der Waals surface area contributed by atoms with E-state index >= 15 is 0 Å². The Bertz CT molecular complexity index is 848. The highest BCUT2D eigenvalue weighted by Crippen LogP contribution is 2.24. The van der Waals surface area contributed by atoms with Crippen LogP contribution in [-0.2, 0) is 11.2 Å². The van der Waals surface area contributed by atoms with E-state index in [0.717, 1.165) is 6.42 Å². The monoisotopic (exact) mass is 356 g/mol. The minimum atomic E-state index is -0.289. The fourth-order valence-electron chi connectivity index (χ4n) is 2.30. The van der Waals surface area contributed by atoms with Crippen LogP contribution in [0.1, 0.15) is 12.5 Å². The molecular weight excluding hydrogens is 340 g/mol. The molecule has 0 atom stereocenters. The van der Waals surface area contributed by atoms with Gasteiger partial charge in [0.2, 0.25) is 0 Å². The van der Waals surface area contributed by atoms with Gasteiger partial charge in [-0.1, -0.05) is 30.7 Å². The number of ether oxygens (including phenoxy) is 1. The van der Waals surface area contributed by atoms with Crippen LogP contribution in [0.2, 0.25) is 5.02 Å². The minimum Gasteiger partial charge on any atom is -0.484 e. The summed E-state index contributed by atoms with van der Waals surface area (Å²) in [6.07, 6.45) is 3.93. The van der Waals surface area contributed by atoms with E-state index in [1.54, 1.807) is 29.2 Å². The van der Waals surface area contributed by atoms with Gasteiger partial charge in [-0.15, -0.1) is 0 Å². The highest BCUT2D eigenvalue weighted by atomic mass is 35.5. The number of hydrogen-bond donors (Lipinski definition) is 1. The largest absolute Gasteiger partial charge is 0.484 e. The van der Waals surface area contributed by atoms with Crippen molar-refractivity contribution in [2.24, 2.45) is 0 Å². The van der Waals surface area contributed by atoms with Gasteiger partial charge in [0.15, 0.2) is 6.61 Å². The van der Waals surface area contributed by atoms with E-state index in [-0.39, 0.29) is 12.5 Å². The number of carbonyl (C=O) groups excluding carboxylic acids is 1. The number of benzene rings is 2. The Morgan fingerprint density at radius 3 is 2.72 bits per heavy atom. The zero-order chi connectivity index (χ0) is 17.6. The maximum absolute atomic E-state index is 12.2. The Kier molecular flexibility index (Phi) is 5.30. The second-order valence-corrected chi connectivity index (χ2v) is 5.77. The molecule has 0 aliphatic rings. The summed E-state index contributed by atoms with van der Waals surface area (Å²) >= 11 is 6.04. The molecule has 0 unspecified atom stereocenters. The second-order valence-electron chi connectivity index (χ2n) is 5.34. The fraction of sp³-hybridized carbons (Fsp3) is 0.167. The molecule has 7 heteroatoms. The van der Waals surface area contributed by atoms with Gasteiger partial charge in [-0.3, -0.25) is 4.79 Å². The van der Waals surface area contributed by atoms with Gasteiger partial charge in [-0.05, 0) is 42.3 Å². The molecule has 0 radical (unpaired) electrons. The first-order valence-corrected chi connectivity index (χ1v) is 8.19. The number of halogens is 1. The molecule has 1 amide bonds. The summed E-state index contributed by atoms with van der Waals surface area (Å²) in [5.74, 6) is 0.359. The van der Waals surface area contributed by atoms with Gasteiger partial charge < -0.3 is 10.1 Å². The Morgan fingerprint density at radius 1 is 1.24 bits per heavy atom. The number of nitrogens with one attached hydrogen (secondary N) is 1. The van der Waals surface area contributed by atoms with Crippen LogP contribution in [0.3, 0.4) is 0 Å². The lowest BCUT2D eigenvalue weighted by molar-refractivity contribution is -0.118. The van der Waals surface area contributed by atoms with Crippen molar-refractivity contribution in [3.8, 4) is 11.4 Å². The average molecular weight is 357 g/mol. The molecular formula is C18H17ClN4O2. The van der Waals surface area contributed by atoms with Crippen LogP contribution in [0.5, 0.6) is 5.75 Å². The molecule has 1 N–H and O–H groups in total. The van der Waals surface area contributed by atoms with E-state index in [4.69, 9.17) is 16.3 Å². The standard InChI is InChI=1S/C18H17ClN4O2/c1-2-13-3-6-15(7-4-13)25-10-18(24)22-16-9-14(19)5-8-17(16)23-12-20-11-21-23/h3-9,11-12H,2,10H2,1H3,(H,22,24). The number of rotatable bonds is 6. The maximum atomic E-state index is 12.2.